The molecule has 3 aromatic rings. The number of hydrogen-bond donors (Lipinski definition) is 4. The molecule has 3 atom stereocenters. The van der Waals surface area contributed by atoms with Crippen LogP contribution in [0, 0.1) is 5.41 Å². The van der Waals surface area contributed by atoms with Gasteiger partial charge in [0.25, 0.3) is 23.6 Å². The van der Waals surface area contributed by atoms with Crippen molar-refractivity contribution in [3.8, 4) is 17.2 Å². The number of imide groups is 2. The Bertz CT molecular complexity index is 2780. The van der Waals surface area contributed by atoms with Crippen LogP contribution >= 0.6 is 0 Å². The number of esters is 1. The molecule has 4 N–H and O–H groups in total. The first kappa shape index (κ1) is 63.4. The largest absolute Gasteiger partial charge is 0.493 e. The van der Waals surface area contributed by atoms with Gasteiger partial charge >= 0.3 is 5.97 Å². The van der Waals surface area contributed by atoms with Crippen LogP contribution < -0.4 is 35.5 Å². The van der Waals surface area contributed by atoms with Crippen LogP contribution in [0.5, 0.6) is 17.2 Å². The molecule has 3 aliphatic rings. The van der Waals surface area contributed by atoms with E-state index in [4.69, 9.17) is 33.2 Å². The summed E-state index contributed by atoms with van der Waals surface area (Å²) in [6.45, 7) is 7.81. The molecule has 2 saturated heterocycles. The summed E-state index contributed by atoms with van der Waals surface area (Å²) >= 11 is 0. The average Bonchev–Trinajstić information content (AvgIpc) is 3.97. The quantitative estimate of drug-likeness (QED) is 0.0281. The standard InChI is InChI=1S/C59H76N6O17/c1-6-59(2,3)53(70)57(74)64-28-8-7-16-43(64)58(75)82-44(21-18-38-19-22-45(76-4)47(35-38)77-5)39-13-9-14-40(36-39)62-49(67)25-24-48(66)60-26-11-29-78-31-33-80-34-32-79-30-12-27-61-51(69)37-81-46-17-10-15-41-52(46)56(73)65(55(41)72)42-20-23-50(68)63-54(42)71/h9-10,13-15,17,19,22,35-36,42-44H,6-8,11-12,16,18,20-21,23-34,37H2,1-5H3,(H,60,66)(H,61,69)(H,62,67)(H,63,68,71). The molecule has 0 saturated carbocycles. The van der Waals surface area contributed by atoms with Crippen LogP contribution in [0.2, 0.25) is 0 Å². The highest BCUT2D eigenvalue weighted by molar-refractivity contribution is 6.38. The minimum Gasteiger partial charge on any atom is -0.493 e. The summed E-state index contributed by atoms with van der Waals surface area (Å²) < 4.78 is 39.4. The molecule has 444 valence electrons. The Morgan fingerprint density at radius 2 is 1.40 bits per heavy atom. The summed E-state index contributed by atoms with van der Waals surface area (Å²) in [6, 6.07) is 14.8. The molecule has 0 bridgehead atoms. The zero-order valence-electron chi connectivity index (χ0n) is 47.4. The Balaban J connectivity index is 0.824. The Morgan fingerprint density at radius 3 is 2.09 bits per heavy atom. The molecule has 3 aliphatic heterocycles. The molecule has 23 heteroatoms. The molecule has 3 heterocycles. The van der Waals surface area contributed by atoms with Crippen molar-refractivity contribution < 1.29 is 81.1 Å². The molecular formula is C59H76N6O17. The maximum atomic E-state index is 14.1. The zero-order valence-corrected chi connectivity index (χ0v) is 47.4. The predicted molar refractivity (Wildman–Crippen MR) is 296 cm³/mol. The number of fused-ring (bicyclic) bond motifs is 1. The first-order valence-electron chi connectivity index (χ1n) is 27.9. The van der Waals surface area contributed by atoms with Gasteiger partial charge in [0.05, 0.1) is 51.8 Å². The number of carbonyl (C=O) groups is 10. The molecule has 8 amide bonds. The van der Waals surface area contributed by atoms with E-state index in [0.717, 1.165) is 10.5 Å². The fraction of sp³-hybridized carbons (Fsp3) is 0.525. The number of anilines is 1. The van der Waals surface area contributed by atoms with E-state index in [1.165, 1.54) is 23.1 Å². The van der Waals surface area contributed by atoms with Gasteiger partial charge in [0.2, 0.25) is 29.4 Å². The van der Waals surface area contributed by atoms with E-state index in [0.29, 0.717) is 127 Å². The lowest BCUT2D eigenvalue weighted by Gasteiger charge is -2.36. The molecule has 82 heavy (non-hydrogen) atoms. The number of nitrogens with one attached hydrogen (secondary N) is 4. The minimum atomic E-state index is -1.12. The molecule has 0 spiro atoms. The summed E-state index contributed by atoms with van der Waals surface area (Å²) in [5, 5.41) is 10.5. The van der Waals surface area contributed by atoms with Crippen LogP contribution in [0.4, 0.5) is 5.69 Å². The summed E-state index contributed by atoms with van der Waals surface area (Å²) in [5.41, 5.74) is 1.06. The van der Waals surface area contributed by atoms with Crippen LogP contribution in [0.3, 0.4) is 0 Å². The summed E-state index contributed by atoms with van der Waals surface area (Å²) in [4.78, 5) is 131. The first-order chi connectivity index (χ1) is 39.5. The van der Waals surface area contributed by atoms with Crippen molar-refractivity contribution >= 4 is 64.7 Å². The summed E-state index contributed by atoms with van der Waals surface area (Å²) in [5.74, 6) is -4.45. The van der Waals surface area contributed by atoms with Gasteiger partial charge in [0, 0.05) is 63.2 Å². The van der Waals surface area contributed by atoms with Gasteiger partial charge in [-0.2, -0.15) is 0 Å². The number of piperidine rings is 2. The highest BCUT2D eigenvalue weighted by Gasteiger charge is 2.46. The number of Topliss-reactive ketones (excluding diaryl/α,β-unsaturated/α-hetero) is 1. The van der Waals surface area contributed by atoms with Gasteiger partial charge < -0.3 is 54.0 Å². The minimum absolute atomic E-state index is 0.00750. The number of likely N-dealkylation sites (tertiary alicyclic amines) is 1. The van der Waals surface area contributed by atoms with Crippen LogP contribution in [0.15, 0.2) is 60.7 Å². The molecule has 3 aromatic carbocycles. The number of hydrogen-bond acceptors (Lipinski definition) is 17. The van der Waals surface area contributed by atoms with Crippen molar-refractivity contribution in [1.82, 2.24) is 25.8 Å². The van der Waals surface area contributed by atoms with Crippen LogP contribution in [-0.2, 0) is 63.7 Å². The van der Waals surface area contributed by atoms with Crippen molar-refractivity contribution in [2.24, 2.45) is 5.41 Å². The number of methoxy groups -OCH3 is 2. The van der Waals surface area contributed by atoms with E-state index >= 15 is 0 Å². The Hall–Kier alpha value is -7.76. The van der Waals surface area contributed by atoms with Crippen molar-refractivity contribution in [1.29, 1.82) is 0 Å². The van der Waals surface area contributed by atoms with E-state index in [-0.39, 0.29) is 60.9 Å². The second-order valence-corrected chi connectivity index (χ2v) is 20.6. The monoisotopic (exact) mass is 1140 g/mol. The molecule has 23 nitrogen and oxygen atoms in total. The second-order valence-electron chi connectivity index (χ2n) is 20.6. The topological polar surface area (TPSA) is 290 Å². The van der Waals surface area contributed by atoms with Crippen molar-refractivity contribution in [3.63, 3.8) is 0 Å². The fourth-order valence-electron chi connectivity index (χ4n) is 9.35. The Labute approximate surface area is 477 Å². The first-order valence-corrected chi connectivity index (χ1v) is 27.9. The second kappa shape index (κ2) is 31.5. The van der Waals surface area contributed by atoms with E-state index < -0.39 is 77.4 Å². The number of ether oxygens (including phenoxy) is 7. The normalized spacial score (nSPS) is 16.4. The van der Waals surface area contributed by atoms with E-state index in [9.17, 15) is 47.9 Å². The third-order valence-corrected chi connectivity index (χ3v) is 14.4. The Kier molecular flexibility index (Phi) is 24.3. The summed E-state index contributed by atoms with van der Waals surface area (Å²) in [6.07, 6.45) is 3.10. The van der Waals surface area contributed by atoms with E-state index in [2.05, 4.69) is 21.3 Å². The SMILES string of the molecule is CCC(C)(C)C(=O)C(=O)N1CCCCC1C(=O)OC(CCc1ccc(OC)c(OC)c1)c1cccc(NC(=O)CCC(=O)NCCCOCCOCCOCCCNC(=O)COc2cccc3c2C(=O)N(C2CCC(=O)NC2=O)C3=O)c1. The number of nitrogens with zero attached hydrogens (tertiary/aromatic N) is 2. The summed E-state index contributed by atoms with van der Waals surface area (Å²) in [7, 11) is 3.09. The number of amides is 8. The Morgan fingerprint density at radius 1 is 0.732 bits per heavy atom. The van der Waals surface area contributed by atoms with Crippen molar-refractivity contribution in [2.45, 2.75) is 116 Å². The van der Waals surface area contributed by atoms with Gasteiger partial charge in [-0.05, 0) is 105 Å². The lowest BCUT2D eigenvalue weighted by molar-refractivity contribution is -0.164. The third-order valence-electron chi connectivity index (χ3n) is 14.4. The van der Waals surface area contributed by atoms with Crippen LogP contribution in [0.25, 0.3) is 0 Å². The highest BCUT2D eigenvalue weighted by atomic mass is 16.6. The molecule has 3 unspecified atom stereocenters. The number of carbonyl (C=O) groups excluding carboxylic acids is 10. The lowest BCUT2D eigenvalue weighted by Crippen LogP contribution is -2.54. The average molecular weight is 1140 g/mol. The van der Waals surface area contributed by atoms with Gasteiger partial charge in [-0.25, -0.2) is 4.79 Å². The lowest BCUT2D eigenvalue weighted by atomic mass is 9.84. The maximum absolute atomic E-state index is 14.1. The fourth-order valence-corrected chi connectivity index (χ4v) is 9.35. The molecular weight excluding hydrogens is 1060 g/mol. The molecule has 0 aromatic heterocycles. The molecule has 2 fully saturated rings. The molecule has 0 radical (unpaired) electrons. The van der Waals surface area contributed by atoms with Gasteiger partial charge in [-0.3, -0.25) is 53.4 Å². The maximum Gasteiger partial charge on any atom is 0.329 e. The predicted octanol–water partition coefficient (Wildman–Crippen LogP) is 4.57. The number of benzene rings is 3. The molecule has 0 aliphatic carbocycles. The third kappa shape index (κ3) is 17.9. The van der Waals surface area contributed by atoms with Gasteiger partial charge in [0.1, 0.15) is 23.9 Å². The number of rotatable bonds is 33. The van der Waals surface area contributed by atoms with Crippen LogP contribution in [-0.4, -0.2) is 161 Å². The van der Waals surface area contributed by atoms with Crippen LogP contribution in [0.1, 0.15) is 129 Å². The zero-order chi connectivity index (χ0) is 59.2. The number of ketones is 1. The van der Waals surface area contributed by atoms with Crippen molar-refractivity contribution in [2.75, 3.05) is 85.4 Å². The van der Waals surface area contributed by atoms with Crippen molar-refractivity contribution in [3.05, 3.63) is 82.9 Å². The van der Waals surface area contributed by atoms with Gasteiger partial charge in [0.15, 0.2) is 18.1 Å². The number of aryl methyl sites for hydroxylation is 1. The molecule has 6 rings (SSSR count). The van der Waals surface area contributed by atoms with Gasteiger partial charge in [-0.1, -0.05) is 45.0 Å². The van der Waals surface area contributed by atoms with Gasteiger partial charge in [-0.15, -0.1) is 0 Å². The van der Waals surface area contributed by atoms with E-state index in [1.807, 2.05) is 19.1 Å². The smallest absolute Gasteiger partial charge is 0.329 e. The highest BCUT2D eigenvalue weighted by Crippen LogP contribution is 2.35. The van der Waals surface area contributed by atoms with E-state index in [1.54, 1.807) is 58.4 Å².